The first kappa shape index (κ1) is 16.6. The highest BCUT2D eigenvalue weighted by Gasteiger charge is 2.39. The van der Waals surface area contributed by atoms with Crippen LogP contribution in [0.1, 0.15) is 18.2 Å². The molecular formula is C20H18N4OS. The van der Waals surface area contributed by atoms with E-state index in [1.165, 1.54) is 11.3 Å². The van der Waals surface area contributed by atoms with Gasteiger partial charge in [0.15, 0.2) is 10.8 Å². The molecule has 1 N–H and O–H groups in total. The lowest BCUT2D eigenvalue weighted by molar-refractivity contribution is -0.121. The van der Waals surface area contributed by atoms with Crippen molar-refractivity contribution in [2.75, 3.05) is 6.54 Å². The largest absolute Gasteiger partial charge is 0.355 e. The summed E-state index contributed by atoms with van der Waals surface area (Å²) in [6.45, 7) is 2.60. The van der Waals surface area contributed by atoms with Crippen LogP contribution in [0.2, 0.25) is 0 Å². The van der Waals surface area contributed by atoms with E-state index in [4.69, 9.17) is 0 Å². The molecule has 0 bridgehead atoms. The third kappa shape index (κ3) is 3.41. The van der Waals surface area contributed by atoms with Gasteiger partial charge in [0.25, 0.3) is 0 Å². The Bertz CT molecular complexity index is 950. The van der Waals surface area contributed by atoms with E-state index in [0.717, 1.165) is 27.4 Å². The third-order valence-electron chi connectivity index (χ3n) is 4.40. The van der Waals surface area contributed by atoms with Crippen LogP contribution in [0, 0.1) is 5.92 Å². The van der Waals surface area contributed by atoms with Crippen LogP contribution >= 0.6 is 11.3 Å². The van der Waals surface area contributed by atoms with Crippen molar-refractivity contribution in [3.05, 3.63) is 71.0 Å². The number of benzene rings is 1. The molecule has 3 aromatic rings. The highest BCUT2D eigenvalue weighted by atomic mass is 32.1. The van der Waals surface area contributed by atoms with Crippen LogP contribution in [0.15, 0.2) is 59.7 Å². The number of hydrogen-bond donors (Lipinski definition) is 1. The van der Waals surface area contributed by atoms with Gasteiger partial charge < -0.3 is 5.32 Å². The maximum absolute atomic E-state index is 12.4. The van der Waals surface area contributed by atoms with E-state index >= 15 is 0 Å². The topological polar surface area (TPSA) is 67.8 Å². The second-order valence-electron chi connectivity index (χ2n) is 6.15. The van der Waals surface area contributed by atoms with Gasteiger partial charge in [0.2, 0.25) is 5.91 Å². The van der Waals surface area contributed by atoms with Crippen molar-refractivity contribution < 1.29 is 4.79 Å². The SMILES string of the molecule is CC1=C(c2ccccc2)[C@@H]1C(=O)NCCc1csc(-c2ncccn2)n1. The zero-order valence-corrected chi connectivity index (χ0v) is 15.2. The molecule has 0 spiro atoms. The molecule has 1 amide bonds. The highest BCUT2D eigenvalue weighted by molar-refractivity contribution is 7.13. The summed E-state index contributed by atoms with van der Waals surface area (Å²) >= 11 is 1.52. The second-order valence-corrected chi connectivity index (χ2v) is 7.01. The summed E-state index contributed by atoms with van der Waals surface area (Å²) in [5.41, 5.74) is 4.39. The minimum absolute atomic E-state index is 0.0724. The Morgan fingerprint density at radius 2 is 1.92 bits per heavy atom. The van der Waals surface area contributed by atoms with Crippen LogP contribution in [0.25, 0.3) is 16.4 Å². The molecule has 0 fully saturated rings. The van der Waals surface area contributed by atoms with Gasteiger partial charge in [0, 0.05) is 30.7 Å². The number of aromatic nitrogens is 3. The van der Waals surface area contributed by atoms with Crippen LogP contribution in [0.4, 0.5) is 0 Å². The molecule has 0 unspecified atom stereocenters. The summed E-state index contributed by atoms with van der Waals surface area (Å²) in [5, 5.41) is 5.82. The smallest absolute Gasteiger partial charge is 0.231 e. The van der Waals surface area contributed by atoms with Gasteiger partial charge in [-0.05, 0) is 24.1 Å². The molecule has 0 aliphatic heterocycles. The zero-order chi connectivity index (χ0) is 17.9. The van der Waals surface area contributed by atoms with E-state index in [2.05, 4.69) is 32.4 Å². The molecule has 1 aliphatic carbocycles. The third-order valence-corrected chi connectivity index (χ3v) is 5.29. The Morgan fingerprint density at radius 1 is 1.15 bits per heavy atom. The number of amides is 1. The quantitative estimate of drug-likeness (QED) is 0.730. The number of carbonyl (C=O) groups excluding carboxylic acids is 1. The van der Waals surface area contributed by atoms with Gasteiger partial charge in [-0.3, -0.25) is 4.79 Å². The average Bonchev–Trinajstić information content (AvgIpc) is 3.13. The minimum Gasteiger partial charge on any atom is -0.355 e. The molecule has 4 rings (SSSR count). The van der Waals surface area contributed by atoms with Crippen molar-refractivity contribution in [3.8, 4) is 10.8 Å². The van der Waals surface area contributed by atoms with Crippen LogP contribution in [0.3, 0.4) is 0 Å². The molecule has 0 radical (unpaired) electrons. The lowest BCUT2D eigenvalue weighted by atomic mass is 10.1. The summed E-state index contributed by atoms with van der Waals surface area (Å²) in [7, 11) is 0. The van der Waals surface area contributed by atoms with Gasteiger partial charge in [0.05, 0.1) is 11.6 Å². The maximum Gasteiger partial charge on any atom is 0.231 e. The maximum atomic E-state index is 12.4. The number of rotatable bonds is 6. The standard InChI is InChI=1S/C20H18N4OS/c1-13-16(14-6-3-2-4-7-14)17(13)19(25)23-11-8-15-12-26-20(24-15)18-21-9-5-10-22-18/h2-7,9-10,12,17H,8,11H2,1H3,(H,23,25)/t17-/m1/s1. The average molecular weight is 362 g/mol. The predicted octanol–water partition coefficient (Wildman–Crippen LogP) is 3.36. The number of nitrogens with zero attached hydrogens (tertiary/aromatic N) is 3. The molecule has 1 atom stereocenters. The molecule has 130 valence electrons. The first-order chi connectivity index (χ1) is 12.7. The van der Waals surface area contributed by atoms with Gasteiger partial charge in [-0.15, -0.1) is 11.3 Å². The molecular weight excluding hydrogens is 344 g/mol. The fraction of sp³-hybridized carbons (Fsp3) is 0.200. The summed E-state index contributed by atoms with van der Waals surface area (Å²) in [6.07, 6.45) is 4.11. The zero-order valence-electron chi connectivity index (χ0n) is 14.3. The van der Waals surface area contributed by atoms with Gasteiger partial charge in [0.1, 0.15) is 0 Å². The molecule has 5 nitrogen and oxygen atoms in total. The highest BCUT2D eigenvalue weighted by Crippen LogP contribution is 2.46. The van der Waals surface area contributed by atoms with E-state index in [1.807, 2.05) is 30.5 Å². The van der Waals surface area contributed by atoms with Crippen LogP contribution in [0.5, 0.6) is 0 Å². The van der Waals surface area contributed by atoms with E-state index in [0.29, 0.717) is 18.8 Å². The number of hydrogen-bond acceptors (Lipinski definition) is 5. The normalized spacial score (nSPS) is 15.8. The summed E-state index contributed by atoms with van der Waals surface area (Å²) < 4.78 is 0. The van der Waals surface area contributed by atoms with Crippen molar-refractivity contribution >= 4 is 22.8 Å². The predicted molar refractivity (Wildman–Crippen MR) is 102 cm³/mol. The number of carbonyl (C=O) groups is 1. The fourth-order valence-corrected chi connectivity index (χ4v) is 3.82. The van der Waals surface area contributed by atoms with Gasteiger partial charge in [-0.25, -0.2) is 15.0 Å². The van der Waals surface area contributed by atoms with E-state index in [1.54, 1.807) is 18.5 Å². The van der Waals surface area contributed by atoms with Crippen LogP contribution in [-0.4, -0.2) is 27.4 Å². The van der Waals surface area contributed by atoms with Crippen molar-refractivity contribution in [1.29, 1.82) is 0 Å². The molecule has 26 heavy (non-hydrogen) atoms. The monoisotopic (exact) mass is 362 g/mol. The molecule has 2 aromatic heterocycles. The van der Waals surface area contributed by atoms with E-state index in [-0.39, 0.29) is 11.8 Å². The Morgan fingerprint density at radius 3 is 2.69 bits per heavy atom. The summed E-state index contributed by atoms with van der Waals surface area (Å²) in [6, 6.07) is 11.9. The first-order valence-electron chi connectivity index (χ1n) is 8.49. The van der Waals surface area contributed by atoms with Crippen molar-refractivity contribution in [3.63, 3.8) is 0 Å². The minimum atomic E-state index is -0.0823. The van der Waals surface area contributed by atoms with Crippen molar-refractivity contribution in [1.82, 2.24) is 20.3 Å². The fourth-order valence-electron chi connectivity index (χ4n) is 3.02. The molecule has 1 aromatic carbocycles. The van der Waals surface area contributed by atoms with Gasteiger partial charge >= 0.3 is 0 Å². The summed E-state index contributed by atoms with van der Waals surface area (Å²) in [4.78, 5) is 25.4. The van der Waals surface area contributed by atoms with E-state index in [9.17, 15) is 4.79 Å². The Hall–Kier alpha value is -2.86. The second kappa shape index (κ2) is 7.17. The van der Waals surface area contributed by atoms with E-state index < -0.39 is 0 Å². The number of nitrogens with one attached hydrogen (secondary N) is 1. The molecule has 0 saturated carbocycles. The van der Waals surface area contributed by atoms with Crippen molar-refractivity contribution in [2.24, 2.45) is 5.92 Å². The Labute approximate surface area is 155 Å². The van der Waals surface area contributed by atoms with Crippen molar-refractivity contribution in [2.45, 2.75) is 13.3 Å². The molecule has 0 saturated heterocycles. The lowest BCUT2D eigenvalue weighted by Crippen LogP contribution is -2.28. The Balaban J connectivity index is 1.29. The number of thiazole rings is 1. The first-order valence-corrected chi connectivity index (χ1v) is 9.37. The molecule has 2 heterocycles. The molecule has 6 heteroatoms. The van der Waals surface area contributed by atoms with Crippen LogP contribution in [-0.2, 0) is 11.2 Å². The summed E-state index contributed by atoms with van der Waals surface area (Å²) in [5.74, 6) is 0.627. The lowest BCUT2D eigenvalue weighted by Gasteiger charge is -2.04. The van der Waals surface area contributed by atoms with Crippen LogP contribution < -0.4 is 5.32 Å². The Kier molecular flexibility index (Phi) is 4.58. The van der Waals surface area contributed by atoms with Gasteiger partial charge in [-0.1, -0.05) is 35.9 Å². The molecule has 1 aliphatic rings. The van der Waals surface area contributed by atoms with Gasteiger partial charge in [-0.2, -0.15) is 0 Å².